The van der Waals surface area contributed by atoms with E-state index in [0.717, 1.165) is 37.2 Å². The molecule has 1 atom stereocenters. The number of carbonyl (C=O) groups is 2. The lowest BCUT2D eigenvalue weighted by Gasteiger charge is -2.28. The second-order valence-corrected chi connectivity index (χ2v) is 7.98. The average molecular weight is 429 g/mol. The third-order valence-electron chi connectivity index (χ3n) is 5.99. The topological polar surface area (TPSA) is 58.6 Å². The van der Waals surface area contributed by atoms with Gasteiger partial charge in [0.2, 0.25) is 0 Å². The fraction of sp³-hybridized carbons (Fsp3) is 0.259. The van der Waals surface area contributed by atoms with Crippen molar-refractivity contribution < 1.29 is 14.3 Å². The summed E-state index contributed by atoms with van der Waals surface area (Å²) in [7, 11) is 1.65. The van der Waals surface area contributed by atoms with Crippen LogP contribution in [0, 0.1) is 0 Å². The number of hydrogen-bond donors (Lipinski definition) is 1. The molecule has 1 heterocycles. The van der Waals surface area contributed by atoms with Crippen LogP contribution in [-0.4, -0.2) is 43.3 Å². The predicted molar refractivity (Wildman–Crippen MR) is 125 cm³/mol. The van der Waals surface area contributed by atoms with Gasteiger partial charge in [0.1, 0.15) is 5.75 Å². The summed E-state index contributed by atoms with van der Waals surface area (Å²) >= 11 is 0. The number of nitrogens with zero attached hydrogens (tertiary/aromatic N) is 1. The molecule has 0 radical (unpaired) electrons. The van der Waals surface area contributed by atoms with E-state index in [2.05, 4.69) is 22.3 Å². The van der Waals surface area contributed by atoms with Gasteiger partial charge in [0.25, 0.3) is 5.91 Å². The molecular formula is C27H28N2O3. The van der Waals surface area contributed by atoms with Crippen LogP contribution in [-0.2, 0) is 0 Å². The molecule has 1 N–H and O–H groups in total. The van der Waals surface area contributed by atoms with E-state index in [1.54, 1.807) is 43.5 Å². The van der Waals surface area contributed by atoms with Gasteiger partial charge in [-0.1, -0.05) is 60.7 Å². The molecule has 1 aliphatic rings. The zero-order valence-corrected chi connectivity index (χ0v) is 18.3. The van der Waals surface area contributed by atoms with Gasteiger partial charge in [0, 0.05) is 17.7 Å². The largest absolute Gasteiger partial charge is 0.497 e. The number of ketones is 1. The Morgan fingerprint density at radius 1 is 0.875 bits per heavy atom. The van der Waals surface area contributed by atoms with Gasteiger partial charge < -0.3 is 10.1 Å². The van der Waals surface area contributed by atoms with Crippen molar-refractivity contribution in [2.24, 2.45) is 0 Å². The summed E-state index contributed by atoms with van der Waals surface area (Å²) in [5.41, 5.74) is 2.53. The number of likely N-dealkylation sites (tertiary alicyclic amines) is 1. The predicted octanol–water partition coefficient (Wildman–Crippen LogP) is 4.49. The molecule has 5 nitrogen and oxygen atoms in total. The maximum Gasteiger partial charge on any atom is 0.252 e. The second kappa shape index (κ2) is 10.2. The highest BCUT2D eigenvalue weighted by atomic mass is 16.5. The molecule has 1 unspecified atom stereocenters. The molecule has 1 saturated heterocycles. The first kappa shape index (κ1) is 21.8. The highest BCUT2D eigenvalue weighted by Crippen LogP contribution is 2.26. The van der Waals surface area contributed by atoms with Crippen LogP contribution in [0.15, 0.2) is 78.9 Å². The van der Waals surface area contributed by atoms with Crippen LogP contribution in [0.3, 0.4) is 0 Å². The minimum absolute atomic E-state index is 0.0735. The first-order valence-electron chi connectivity index (χ1n) is 11.0. The lowest BCUT2D eigenvalue weighted by Crippen LogP contribution is -2.37. The molecule has 1 amide bonds. The summed E-state index contributed by atoms with van der Waals surface area (Å²) < 4.78 is 5.29. The Hall–Kier alpha value is -3.44. The molecule has 32 heavy (non-hydrogen) atoms. The van der Waals surface area contributed by atoms with E-state index >= 15 is 0 Å². The van der Waals surface area contributed by atoms with Crippen LogP contribution >= 0.6 is 0 Å². The lowest BCUT2D eigenvalue weighted by molar-refractivity contribution is 0.0928. The van der Waals surface area contributed by atoms with E-state index in [-0.39, 0.29) is 17.7 Å². The Morgan fingerprint density at radius 2 is 1.50 bits per heavy atom. The SMILES string of the molecule is COc1ccc(C(CNC(=O)c2ccccc2C(=O)c2ccccc2)N2CCCC2)cc1. The smallest absolute Gasteiger partial charge is 0.252 e. The Morgan fingerprint density at radius 3 is 2.16 bits per heavy atom. The molecule has 5 heteroatoms. The quantitative estimate of drug-likeness (QED) is 0.537. The fourth-order valence-corrected chi connectivity index (χ4v) is 4.25. The standard InChI is InChI=1S/C27H28N2O3/c1-32-22-15-13-20(14-16-22)25(29-17-7-8-18-29)19-28-27(31)24-12-6-5-11-23(24)26(30)21-9-3-2-4-10-21/h2-6,9-16,25H,7-8,17-19H2,1H3,(H,28,31). The molecule has 0 aromatic heterocycles. The van der Waals surface area contributed by atoms with Crippen molar-refractivity contribution in [2.45, 2.75) is 18.9 Å². The number of benzene rings is 3. The van der Waals surface area contributed by atoms with Crippen molar-refractivity contribution in [2.75, 3.05) is 26.7 Å². The molecule has 164 valence electrons. The first-order chi connectivity index (χ1) is 15.7. The summed E-state index contributed by atoms with van der Waals surface area (Å²) in [6.45, 7) is 2.49. The summed E-state index contributed by atoms with van der Waals surface area (Å²) in [5, 5.41) is 3.09. The van der Waals surface area contributed by atoms with Gasteiger partial charge in [-0.15, -0.1) is 0 Å². The van der Waals surface area contributed by atoms with Crippen LogP contribution in [0.1, 0.15) is 50.7 Å². The monoisotopic (exact) mass is 428 g/mol. The normalized spacial score (nSPS) is 14.7. The van der Waals surface area contributed by atoms with E-state index in [9.17, 15) is 9.59 Å². The van der Waals surface area contributed by atoms with Crippen molar-refractivity contribution in [3.63, 3.8) is 0 Å². The zero-order chi connectivity index (χ0) is 22.3. The van der Waals surface area contributed by atoms with Crippen LogP contribution in [0.2, 0.25) is 0 Å². The van der Waals surface area contributed by atoms with Gasteiger partial charge in [0.05, 0.1) is 18.7 Å². The van der Waals surface area contributed by atoms with Crippen LogP contribution in [0.5, 0.6) is 5.75 Å². The minimum Gasteiger partial charge on any atom is -0.497 e. The van der Waals surface area contributed by atoms with Gasteiger partial charge in [0.15, 0.2) is 5.78 Å². The number of rotatable bonds is 8. The third-order valence-corrected chi connectivity index (χ3v) is 5.99. The molecule has 0 aliphatic carbocycles. The lowest BCUT2D eigenvalue weighted by atomic mass is 9.97. The van der Waals surface area contributed by atoms with Gasteiger partial charge in [-0.05, 0) is 49.7 Å². The van der Waals surface area contributed by atoms with E-state index in [1.165, 1.54) is 0 Å². The van der Waals surface area contributed by atoms with Gasteiger partial charge in [-0.3, -0.25) is 14.5 Å². The van der Waals surface area contributed by atoms with Crippen molar-refractivity contribution in [1.29, 1.82) is 0 Å². The zero-order valence-electron chi connectivity index (χ0n) is 18.3. The number of hydrogen-bond acceptors (Lipinski definition) is 4. The van der Waals surface area contributed by atoms with Crippen LogP contribution in [0.4, 0.5) is 0 Å². The van der Waals surface area contributed by atoms with Crippen molar-refractivity contribution in [3.05, 3.63) is 101 Å². The summed E-state index contributed by atoms with van der Waals surface area (Å²) in [6, 6.07) is 24.1. The Kier molecular flexibility index (Phi) is 6.97. The highest BCUT2D eigenvalue weighted by Gasteiger charge is 2.25. The van der Waals surface area contributed by atoms with Gasteiger partial charge in [-0.25, -0.2) is 0 Å². The minimum atomic E-state index is -0.234. The molecule has 4 rings (SSSR count). The Bertz CT molecular complexity index is 1060. The number of methoxy groups -OCH3 is 1. The van der Waals surface area contributed by atoms with E-state index in [0.29, 0.717) is 23.2 Å². The first-order valence-corrected chi connectivity index (χ1v) is 11.0. The maximum absolute atomic E-state index is 13.2. The Balaban J connectivity index is 1.53. The van der Waals surface area contributed by atoms with Crippen molar-refractivity contribution >= 4 is 11.7 Å². The molecular weight excluding hydrogens is 400 g/mol. The van der Waals surface area contributed by atoms with Crippen LogP contribution < -0.4 is 10.1 Å². The van der Waals surface area contributed by atoms with E-state index in [4.69, 9.17) is 4.74 Å². The molecule has 1 aliphatic heterocycles. The highest BCUT2D eigenvalue weighted by molar-refractivity contribution is 6.15. The van der Waals surface area contributed by atoms with Gasteiger partial charge >= 0.3 is 0 Å². The Labute approximate surface area is 189 Å². The summed E-state index contributed by atoms with van der Waals surface area (Å²) in [5.74, 6) is 0.427. The number of ether oxygens (including phenoxy) is 1. The number of nitrogens with one attached hydrogen (secondary N) is 1. The molecule has 1 fully saturated rings. The number of amides is 1. The van der Waals surface area contributed by atoms with Crippen LogP contribution in [0.25, 0.3) is 0 Å². The van der Waals surface area contributed by atoms with Crippen molar-refractivity contribution in [1.82, 2.24) is 10.2 Å². The second-order valence-electron chi connectivity index (χ2n) is 7.98. The molecule has 3 aromatic rings. The molecule has 0 bridgehead atoms. The molecule has 0 saturated carbocycles. The fourth-order valence-electron chi connectivity index (χ4n) is 4.25. The molecule has 0 spiro atoms. The van der Waals surface area contributed by atoms with Crippen molar-refractivity contribution in [3.8, 4) is 5.75 Å². The molecule has 3 aromatic carbocycles. The van der Waals surface area contributed by atoms with Gasteiger partial charge in [-0.2, -0.15) is 0 Å². The number of carbonyl (C=O) groups excluding carboxylic acids is 2. The maximum atomic E-state index is 13.2. The van der Waals surface area contributed by atoms with E-state index < -0.39 is 0 Å². The third kappa shape index (κ3) is 4.89. The summed E-state index contributed by atoms with van der Waals surface area (Å²) in [6.07, 6.45) is 2.32. The average Bonchev–Trinajstić information content (AvgIpc) is 3.39. The van der Waals surface area contributed by atoms with E-state index in [1.807, 2.05) is 30.3 Å². The summed E-state index contributed by atoms with van der Waals surface area (Å²) in [4.78, 5) is 28.6.